The van der Waals surface area contributed by atoms with Crippen LogP contribution in [0.1, 0.15) is 37.0 Å². The third kappa shape index (κ3) is 3.23. The molecule has 0 aliphatic heterocycles. The van der Waals surface area contributed by atoms with Crippen LogP contribution in [-0.4, -0.2) is 35.1 Å². The van der Waals surface area contributed by atoms with E-state index in [0.717, 1.165) is 12.8 Å². The van der Waals surface area contributed by atoms with Crippen LogP contribution in [-0.2, 0) is 0 Å². The molecule has 4 heteroatoms. The average molecular weight is 250 g/mol. The molecule has 0 heterocycles. The largest absolute Gasteiger partial charge is 0.398 e. The molecule has 0 saturated carbocycles. The monoisotopic (exact) mass is 250 g/mol. The minimum atomic E-state index is -0.101. The molecule has 1 aromatic rings. The summed E-state index contributed by atoms with van der Waals surface area (Å²) in [7, 11) is 0. The topological polar surface area (TPSA) is 66.6 Å². The fourth-order valence-electron chi connectivity index (χ4n) is 2.13. The second kappa shape index (κ2) is 7.01. The van der Waals surface area contributed by atoms with Crippen molar-refractivity contribution in [2.24, 2.45) is 0 Å². The Bertz CT molecular complexity index is 389. The van der Waals surface area contributed by atoms with Gasteiger partial charge in [0, 0.05) is 18.3 Å². The number of nitrogens with two attached hydrogens (primary N) is 1. The van der Waals surface area contributed by atoms with Crippen LogP contribution >= 0.6 is 0 Å². The Labute approximate surface area is 108 Å². The van der Waals surface area contributed by atoms with E-state index in [4.69, 9.17) is 10.8 Å². The molecule has 0 spiro atoms. The number of benzene rings is 1. The minimum absolute atomic E-state index is 0.0328. The second-order valence-corrected chi connectivity index (χ2v) is 4.28. The van der Waals surface area contributed by atoms with E-state index in [0.29, 0.717) is 17.8 Å². The number of nitrogens with zero attached hydrogens (tertiary/aromatic N) is 1. The van der Waals surface area contributed by atoms with Gasteiger partial charge in [0.05, 0.1) is 12.2 Å². The summed E-state index contributed by atoms with van der Waals surface area (Å²) in [5, 5.41) is 9.12. The molecule has 4 nitrogen and oxygen atoms in total. The van der Waals surface area contributed by atoms with E-state index in [9.17, 15) is 4.79 Å². The van der Waals surface area contributed by atoms with Crippen molar-refractivity contribution in [1.29, 1.82) is 0 Å². The van der Waals surface area contributed by atoms with E-state index >= 15 is 0 Å². The number of hydrogen-bond acceptors (Lipinski definition) is 3. The standard InChI is InChI=1S/C14H22N2O2/c1-3-11(4-2)16(9-10-17)14(18)12-7-5-6-8-13(12)15/h5-8,11,17H,3-4,9-10,15H2,1-2H3. The first kappa shape index (κ1) is 14.5. The van der Waals surface area contributed by atoms with Crippen molar-refractivity contribution < 1.29 is 9.90 Å². The van der Waals surface area contributed by atoms with Gasteiger partial charge < -0.3 is 15.7 Å². The lowest BCUT2D eigenvalue weighted by atomic mass is 10.1. The molecular weight excluding hydrogens is 228 g/mol. The van der Waals surface area contributed by atoms with Crippen molar-refractivity contribution in [3.63, 3.8) is 0 Å². The molecule has 100 valence electrons. The maximum absolute atomic E-state index is 12.4. The first-order valence-electron chi connectivity index (χ1n) is 6.42. The van der Waals surface area contributed by atoms with E-state index < -0.39 is 0 Å². The Kier molecular flexibility index (Phi) is 5.65. The maximum atomic E-state index is 12.4. The fourth-order valence-corrected chi connectivity index (χ4v) is 2.13. The number of aliphatic hydroxyl groups is 1. The molecule has 1 aromatic carbocycles. The zero-order valence-electron chi connectivity index (χ0n) is 11.1. The lowest BCUT2D eigenvalue weighted by molar-refractivity contribution is 0.0623. The molecule has 0 saturated heterocycles. The average Bonchev–Trinajstić information content (AvgIpc) is 2.39. The molecule has 0 bridgehead atoms. The molecule has 0 aliphatic rings. The van der Waals surface area contributed by atoms with Gasteiger partial charge in [0.15, 0.2) is 0 Å². The van der Waals surface area contributed by atoms with Crippen molar-refractivity contribution in [1.82, 2.24) is 4.90 Å². The van der Waals surface area contributed by atoms with Crippen LogP contribution in [0.3, 0.4) is 0 Å². The molecule has 0 unspecified atom stereocenters. The van der Waals surface area contributed by atoms with E-state index in [1.165, 1.54) is 0 Å². The van der Waals surface area contributed by atoms with Gasteiger partial charge in [-0.05, 0) is 25.0 Å². The summed E-state index contributed by atoms with van der Waals surface area (Å²) in [5.74, 6) is -0.101. The number of carbonyl (C=O) groups is 1. The van der Waals surface area contributed by atoms with E-state index in [1.807, 2.05) is 13.8 Å². The quantitative estimate of drug-likeness (QED) is 0.758. The Morgan fingerprint density at radius 3 is 2.44 bits per heavy atom. The van der Waals surface area contributed by atoms with Crippen LogP contribution in [0.15, 0.2) is 24.3 Å². The summed E-state index contributed by atoms with van der Waals surface area (Å²) >= 11 is 0. The molecule has 1 amide bonds. The summed E-state index contributed by atoms with van der Waals surface area (Å²) in [4.78, 5) is 14.2. The number of carbonyl (C=O) groups excluding carboxylic acids is 1. The number of amides is 1. The van der Waals surface area contributed by atoms with Crippen LogP contribution in [0.25, 0.3) is 0 Å². The van der Waals surface area contributed by atoms with Crippen LogP contribution in [0.2, 0.25) is 0 Å². The molecule has 0 aromatic heterocycles. The highest BCUT2D eigenvalue weighted by molar-refractivity contribution is 5.99. The highest BCUT2D eigenvalue weighted by Crippen LogP contribution is 2.17. The zero-order valence-corrected chi connectivity index (χ0v) is 11.1. The van der Waals surface area contributed by atoms with Gasteiger partial charge in [0.25, 0.3) is 5.91 Å². The Morgan fingerprint density at radius 1 is 1.33 bits per heavy atom. The third-order valence-corrected chi connectivity index (χ3v) is 3.18. The summed E-state index contributed by atoms with van der Waals surface area (Å²) in [6.07, 6.45) is 1.74. The molecule has 0 fully saturated rings. The van der Waals surface area contributed by atoms with Crippen molar-refractivity contribution >= 4 is 11.6 Å². The lowest BCUT2D eigenvalue weighted by Gasteiger charge is -2.30. The van der Waals surface area contributed by atoms with Crippen molar-refractivity contribution in [2.45, 2.75) is 32.7 Å². The third-order valence-electron chi connectivity index (χ3n) is 3.18. The van der Waals surface area contributed by atoms with Crippen molar-refractivity contribution in [3.05, 3.63) is 29.8 Å². The second-order valence-electron chi connectivity index (χ2n) is 4.28. The fraction of sp³-hybridized carbons (Fsp3) is 0.500. The van der Waals surface area contributed by atoms with Crippen molar-refractivity contribution in [3.8, 4) is 0 Å². The number of nitrogen functional groups attached to an aromatic ring is 1. The number of anilines is 1. The van der Waals surface area contributed by atoms with Gasteiger partial charge in [0.1, 0.15) is 0 Å². The highest BCUT2D eigenvalue weighted by Gasteiger charge is 2.22. The maximum Gasteiger partial charge on any atom is 0.256 e. The lowest BCUT2D eigenvalue weighted by Crippen LogP contribution is -2.41. The number of hydrogen-bond donors (Lipinski definition) is 2. The SMILES string of the molecule is CCC(CC)N(CCO)C(=O)c1ccccc1N. The van der Waals surface area contributed by atoms with Crippen LogP contribution < -0.4 is 5.73 Å². The highest BCUT2D eigenvalue weighted by atomic mass is 16.3. The van der Waals surface area contributed by atoms with Gasteiger partial charge in [0.2, 0.25) is 0 Å². The number of aliphatic hydroxyl groups excluding tert-OH is 1. The van der Waals surface area contributed by atoms with Gasteiger partial charge >= 0.3 is 0 Å². The van der Waals surface area contributed by atoms with Crippen LogP contribution in [0.5, 0.6) is 0 Å². The van der Waals surface area contributed by atoms with Crippen LogP contribution in [0.4, 0.5) is 5.69 Å². The zero-order chi connectivity index (χ0) is 13.5. The Hall–Kier alpha value is -1.55. The number of rotatable bonds is 6. The van der Waals surface area contributed by atoms with Crippen molar-refractivity contribution in [2.75, 3.05) is 18.9 Å². The summed E-state index contributed by atoms with van der Waals surface area (Å²) in [5.41, 5.74) is 6.82. The molecular formula is C14H22N2O2. The van der Waals surface area contributed by atoms with E-state index in [1.54, 1.807) is 29.2 Å². The van der Waals surface area contributed by atoms with Crippen LogP contribution in [0, 0.1) is 0 Å². The molecule has 3 N–H and O–H groups in total. The first-order chi connectivity index (χ1) is 8.65. The predicted molar refractivity (Wildman–Crippen MR) is 73.3 cm³/mol. The first-order valence-corrected chi connectivity index (χ1v) is 6.42. The summed E-state index contributed by atoms with van der Waals surface area (Å²) in [6.45, 7) is 4.40. The van der Waals surface area contributed by atoms with Gasteiger partial charge in [-0.3, -0.25) is 4.79 Å². The smallest absolute Gasteiger partial charge is 0.256 e. The molecule has 1 rings (SSSR count). The predicted octanol–water partition coefficient (Wildman–Crippen LogP) is 1.89. The Morgan fingerprint density at radius 2 is 1.94 bits per heavy atom. The number of para-hydroxylation sites is 1. The van der Waals surface area contributed by atoms with E-state index in [2.05, 4.69) is 0 Å². The van der Waals surface area contributed by atoms with Gasteiger partial charge in [-0.25, -0.2) is 0 Å². The summed E-state index contributed by atoms with van der Waals surface area (Å²) < 4.78 is 0. The summed E-state index contributed by atoms with van der Waals surface area (Å²) in [6, 6.07) is 7.19. The normalized spacial score (nSPS) is 10.7. The van der Waals surface area contributed by atoms with E-state index in [-0.39, 0.29) is 18.6 Å². The van der Waals surface area contributed by atoms with Gasteiger partial charge in [-0.15, -0.1) is 0 Å². The molecule has 0 atom stereocenters. The molecule has 18 heavy (non-hydrogen) atoms. The molecule has 0 aliphatic carbocycles. The Balaban J connectivity index is 2.99. The van der Waals surface area contributed by atoms with Gasteiger partial charge in [-0.2, -0.15) is 0 Å². The minimum Gasteiger partial charge on any atom is -0.398 e. The van der Waals surface area contributed by atoms with Gasteiger partial charge in [-0.1, -0.05) is 26.0 Å². The molecule has 0 radical (unpaired) electrons.